The smallest absolute Gasteiger partial charge is 0.157 e. The fraction of sp³-hybridized carbons (Fsp3) is 0.750. The van der Waals surface area contributed by atoms with Crippen molar-refractivity contribution in [2.75, 3.05) is 11.9 Å². The molecule has 1 fully saturated rings. The first kappa shape index (κ1) is 12.0. The van der Waals surface area contributed by atoms with Crippen molar-refractivity contribution < 1.29 is 4.74 Å². The van der Waals surface area contributed by atoms with Crippen LogP contribution in [0.15, 0.2) is 12.4 Å². The molecule has 1 aliphatic rings. The van der Waals surface area contributed by atoms with E-state index in [1.807, 2.05) is 10.9 Å². The molecular formula is C12H19BrN2O. The Hall–Kier alpha value is -0.510. The molecule has 3 nitrogen and oxygen atoms in total. The summed E-state index contributed by atoms with van der Waals surface area (Å²) in [6.45, 7) is 3.79. The maximum atomic E-state index is 5.85. The number of aromatic nitrogens is 2. The number of nitrogens with zero attached hydrogens (tertiary/aromatic N) is 2. The second-order valence-electron chi connectivity index (χ2n) is 4.66. The fourth-order valence-electron chi connectivity index (χ4n) is 2.27. The van der Waals surface area contributed by atoms with E-state index in [9.17, 15) is 0 Å². The number of ether oxygens (including phenoxy) is 1. The predicted molar refractivity (Wildman–Crippen MR) is 68.1 cm³/mol. The van der Waals surface area contributed by atoms with Crippen LogP contribution in [0.5, 0.6) is 5.75 Å². The molecule has 0 saturated heterocycles. The van der Waals surface area contributed by atoms with Crippen LogP contribution in [0.3, 0.4) is 0 Å². The van der Waals surface area contributed by atoms with Gasteiger partial charge in [-0.2, -0.15) is 5.10 Å². The Labute approximate surface area is 105 Å². The molecule has 0 aromatic carbocycles. The van der Waals surface area contributed by atoms with Gasteiger partial charge in [-0.05, 0) is 19.8 Å². The second-order valence-corrected chi connectivity index (χ2v) is 5.22. The quantitative estimate of drug-likeness (QED) is 0.777. The molecule has 1 heterocycles. The van der Waals surface area contributed by atoms with Crippen molar-refractivity contribution in [3.8, 4) is 5.75 Å². The van der Waals surface area contributed by atoms with E-state index in [0.717, 1.165) is 24.2 Å². The van der Waals surface area contributed by atoms with Crippen molar-refractivity contribution in [3.05, 3.63) is 12.4 Å². The lowest BCUT2D eigenvalue weighted by Gasteiger charge is -2.25. The molecule has 1 aromatic rings. The van der Waals surface area contributed by atoms with E-state index in [1.165, 1.54) is 25.7 Å². The summed E-state index contributed by atoms with van der Waals surface area (Å²) in [5, 5.41) is 5.25. The van der Waals surface area contributed by atoms with Gasteiger partial charge in [0.1, 0.15) is 0 Å². The average Bonchev–Trinajstić information content (AvgIpc) is 2.96. The number of halogens is 1. The minimum Gasteiger partial charge on any atom is -0.490 e. The lowest BCUT2D eigenvalue weighted by atomic mass is 9.90. The minimum atomic E-state index is 0.355. The molecule has 0 amide bonds. The lowest BCUT2D eigenvalue weighted by molar-refractivity contribution is 0.174. The molecule has 1 saturated carbocycles. The highest BCUT2D eigenvalue weighted by Crippen LogP contribution is 2.39. The Morgan fingerprint density at radius 2 is 2.25 bits per heavy atom. The largest absolute Gasteiger partial charge is 0.490 e. The number of rotatable bonds is 5. The molecule has 1 aliphatic carbocycles. The normalized spacial score (nSPS) is 18.9. The Balaban J connectivity index is 1.90. The van der Waals surface area contributed by atoms with Gasteiger partial charge in [0.2, 0.25) is 0 Å². The molecule has 1 aromatic heterocycles. The summed E-state index contributed by atoms with van der Waals surface area (Å²) in [6.07, 6.45) is 9.00. The molecular weight excluding hydrogens is 268 g/mol. The molecule has 0 bridgehead atoms. The lowest BCUT2D eigenvalue weighted by Crippen LogP contribution is -2.26. The van der Waals surface area contributed by atoms with E-state index in [2.05, 4.69) is 28.0 Å². The van der Waals surface area contributed by atoms with Gasteiger partial charge >= 0.3 is 0 Å². The first-order valence-electron chi connectivity index (χ1n) is 5.99. The maximum Gasteiger partial charge on any atom is 0.157 e. The topological polar surface area (TPSA) is 27.1 Å². The molecule has 0 atom stereocenters. The predicted octanol–water partition coefficient (Wildman–Crippen LogP) is 3.24. The van der Waals surface area contributed by atoms with Crippen LogP contribution in [-0.4, -0.2) is 21.7 Å². The molecule has 16 heavy (non-hydrogen) atoms. The van der Waals surface area contributed by atoms with Gasteiger partial charge in [-0.3, -0.25) is 4.68 Å². The van der Waals surface area contributed by atoms with Gasteiger partial charge in [0.05, 0.1) is 19.0 Å². The maximum absolute atomic E-state index is 5.85. The van der Waals surface area contributed by atoms with Gasteiger partial charge in [0, 0.05) is 17.3 Å². The molecule has 0 unspecified atom stereocenters. The van der Waals surface area contributed by atoms with Crippen molar-refractivity contribution >= 4 is 15.9 Å². The zero-order valence-corrected chi connectivity index (χ0v) is 11.4. The zero-order valence-electron chi connectivity index (χ0n) is 9.79. The van der Waals surface area contributed by atoms with Crippen LogP contribution in [-0.2, 0) is 6.54 Å². The fourth-order valence-corrected chi connectivity index (χ4v) is 2.99. The molecule has 90 valence electrons. The van der Waals surface area contributed by atoms with Crippen LogP contribution < -0.4 is 4.74 Å². The summed E-state index contributed by atoms with van der Waals surface area (Å²) in [5.74, 6) is 0.897. The van der Waals surface area contributed by atoms with Crippen LogP contribution in [0, 0.1) is 5.41 Å². The zero-order chi connectivity index (χ0) is 11.4. The van der Waals surface area contributed by atoms with Crippen LogP contribution in [0.1, 0.15) is 32.6 Å². The SMILES string of the molecule is CCn1cc(OCC2(CBr)CCCC2)cn1. The van der Waals surface area contributed by atoms with E-state index >= 15 is 0 Å². The van der Waals surface area contributed by atoms with Crippen molar-refractivity contribution in [2.45, 2.75) is 39.2 Å². The standard InChI is InChI=1S/C12H19BrN2O/c1-2-15-8-11(7-14-15)16-10-12(9-13)5-3-4-6-12/h7-8H,2-6,9-10H2,1H3. The monoisotopic (exact) mass is 286 g/mol. The summed E-state index contributed by atoms with van der Waals surface area (Å²) in [6, 6.07) is 0. The third-order valence-corrected chi connectivity index (χ3v) is 4.62. The molecule has 2 rings (SSSR count). The van der Waals surface area contributed by atoms with E-state index in [-0.39, 0.29) is 0 Å². The van der Waals surface area contributed by atoms with E-state index in [4.69, 9.17) is 4.74 Å². The Kier molecular flexibility index (Phi) is 3.90. The first-order valence-corrected chi connectivity index (χ1v) is 7.11. The molecule has 4 heteroatoms. The van der Waals surface area contributed by atoms with Gasteiger partial charge in [-0.15, -0.1) is 0 Å². The highest BCUT2D eigenvalue weighted by Gasteiger charge is 2.33. The molecule has 0 spiro atoms. The minimum absolute atomic E-state index is 0.355. The van der Waals surface area contributed by atoms with Crippen molar-refractivity contribution in [3.63, 3.8) is 0 Å². The van der Waals surface area contributed by atoms with Crippen LogP contribution in [0.2, 0.25) is 0 Å². The first-order chi connectivity index (χ1) is 7.78. The van der Waals surface area contributed by atoms with Crippen molar-refractivity contribution in [1.29, 1.82) is 0 Å². The van der Waals surface area contributed by atoms with Crippen molar-refractivity contribution in [2.24, 2.45) is 5.41 Å². The van der Waals surface area contributed by atoms with E-state index in [0.29, 0.717) is 5.41 Å². The summed E-state index contributed by atoms with van der Waals surface area (Å²) in [4.78, 5) is 0. The van der Waals surface area contributed by atoms with Crippen LogP contribution in [0.25, 0.3) is 0 Å². The van der Waals surface area contributed by atoms with Gasteiger partial charge in [0.25, 0.3) is 0 Å². The van der Waals surface area contributed by atoms with Gasteiger partial charge in [0.15, 0.2) is 5.75 Å². The summed E-state index contributed by atoms with van der Waals surface area (Å²) in [7, 11) is 0. The summed E-state index contributed by atoms with van der Waals surface area (Å²) >= 11 is 3.62. The van der Waals surface area contributed by atoms with Crippen LogP contribution >= 0.6 is 15.9 Å². The van der Waals surface area contributed by atoms with E-state index < -0.39 is 0 Å². The van der Waals surface area contributed by atoms with Crippen molar-refractivity contribution in [1.82, 2.24) is 9.78 Å². The van der Waals surface area contributed by atoms with Crippen LogP contribution in [0.4, 0.5) is 0 Å². The summed E-state index contributed by atoms with van der Waals surface area (Å²) < 4.78 is 7.75. The second kappa shape index (κ2) is 5.21. The molecule has 0 radical (unpaired) electrons. The van der Waals surface area contributed by atoms with Gasteiger partial charge in [-0.25, -0.2) is 0 Å². The van der Waals surface area contributed by atoms with E-state index in [1.54, 1.807) is 6.20 Å². The van der Waals surface area contributed by atoms with Gasteiger partial charge < -0.3 is 4.74 Å². The number of hydrogen-bond donors (Lipinski definition) is 0. The average molecular weight is 287 g/mol. The number of aryl methyl sites for hydroxylation is 1. The highest BCUT2D eigenvalue weighted by molar-refractivity contribution is 9.09. The highest BCUT2D eigenvalue weighted by atomic mass is 79.9. The Morgan fingerprint density at radius 1 is 1.50 bits per heavy atom. The number of hydrogen-bond acceptors (Lipinski definition) is 2. The van der Waals surface area contributed by atoms with Gasteiger partial charge in [-0.1, -0.05) is 28.8 Å². The Bertz CT molecular complexity index is 332. The number of alkyl halides is 1. The molecule has 0 N–H and O–H groups in total. The summed E-state index contributed by atoms with van der Waals surface area (Å²) in [5.41, 5.74) is 0.355. The molecule has 0 aliphatic heterocycles. The Morgan fingerprint density at radius 3 is 2.81 bits per heavy atom. The third kappa shape index (κ3) is 2.59. The third-order valence-electron chi connectivity index (χ3n) is 3.43.